The number of anilines is 1. The molecular formula is C23H20N6O4. The van der Waals surface area contributed by atoms with E-state index in [-0.39, 0.29) is 24.2 Å². The molecule has 0 unspecified atom stereocenters. The topological polar surface area (TPSA) is 113 Å². The van der Waals surface area contributed by atoms with Gasteiger partial charge in [0.15, 0.2) is 12.1 Å². The lowest BCUT2D eigenvalue weighted by Crippen LogP contribution is -2.39. The number of fused-ring (bicyclic) bond motifs is 2. The molecule has 2 aliphatic heterocycles. The lowest BCUT2D eigenvalue weighted by atomic mass is 10.1. The van der Waals surface area contributed by atoms with Crippen molar-refractivity contribution in [3.63, 3.8) is 0 Å². The number of aromatic nitrogens is 2. The zero-order valence-corrected chi connectivity index (χ0v) is 17.8. The maximum Gasteiger partial charge on any atom is 0.263 e. The van der Waals surface area contributed by atoms with Crippen molar-refractivity contribution in [2.45, 2.75) is 37.9 Å². The number of nitrogens with zero attached hydrogens (tertiary/aromatic N) is 6. The molecule has 1 saturated heterocycles. The predicted molar refractivity (Wildman–Crippen MR) is 115 cm³/mol. The summed E-state index contributed by atoms with van der Waals surface area (Å²) in [6.07, 6.45) is 3.09. The van der Waals surface area contributed by atoms with E-state index in [0.717, 1.165) is 30.6 Å². The van der Waals surface area contributed by atoms with Crippen molar-refractivity contribution in [1.29, 1.82) is 0 Å². The maximum absolute atomic E-state index is 13.3. The minimum Gasteiger partial charge on any atom is -0.497 e. The molecule has 0 bridgehead atoms. The number of hydrogen-bond donors (Lipinski definition) is 0. The highest BCUT2D eigenvalue weighted by Crippen LogP contribution is 2.35. The summed E-state index contributed by atoms with van der Waals surface area (Å²) in [5, 5.41) is 13.6. The van der Waals surface area contributed by atoms with Gasteiger partial charge in [-0.05, 0) is 66.8 Å². The molecule has 6 rings (SSSR count). The van der Waals surface area contributed by atoms with Gasteiger partial charge < -0.3 is 9.26 Å². The van der Waals surface area contributed by atoms with Crippen LogP contribution in [-0.2, 0) is 29.0 Å². The van der Waals surface area contributed by atoms with E-state index < -0.39 is 12.1 Å². The Kier molecular flexibility index (Phi) is 4.46. The minimum absolute atomic E-state index is 0.0743. The largest absolute Gasteiger partial charge is 0.497 e. The quantitative estimate of drug-likeness (QED) is 0.556. The number of methoxy groups -OCH3 is 1. The van der Waals surface area contributed by atoms with E-state index in [0.29, 0.717) is 11.5 Å². The molecule has 33 heavy (non-hydrogen) atoms. The maximum atomic E-state index is 13.3. The van der Waals surface area contributed by atoms with Gasteiger partial charge in [0, 0.05) is 5.56 Å². The Morgan fingerprint density at radius 1 is 1.06 bits per heavy atom. The Labute approximate surface area is 188 Å². The Morgan fingerprint density at radius 2 is 1.88 bits per heavy atom. The van der Waals surface area contributed by atoms with Gasteiger partial charge in [0.1, 0.15) is 12.3 Å². The Bertz CT molecular complexity index is 1280. The van der Waals surface area contributed by atoms with E-state index >= 15 is 0 Å². The first-order valence-corrected chi connectivity index (χ1v) is 10.8. The molecule has 10 heteroatoms. The van der Waals surface area contributed by atoms with Crippen LogP contribution in [0, 0.1) is 0 Å². The number of amides is 2. The van der Waals surface area contributed by atoms with Gasteiger partial charge >= 0.3 is 0 Å². The second-order valence-electron chi connectivity index (χ2n) is 8.25. The van der Waals surface area contributed by atoms with Gasteiger partial charge in [0.2, 0.25) is 11.7 Å². The molecule has 1 aromatic heterocycles. The summed E-state index contributed by atoms with van der Waals surface area (Å²) in [4.78, 5) is 31.9. The highest BCUT2D eigenvalue weighted by Gasteiger charge is 2.55. The summed E-state index contributed by atoms with van der Waals surface area (Å²) in [5.41, 5.74) is 3.83. The zero-order valence-electron chi connectivity index (χ0n) is 17.8. The van der Waals surface area contributed by atoms with Crippen molar-refractivity contribution in [2.75, 3.05) is 12.0 Å². The van der Waals surface area contributed by atoms with Crippen molar-refractivity contribution in [3.05, 3.63) is 59.5 Å². The van der Waals surface area contributed by atoms with Crippen molar-refractivity contribution in [1.82, 2.24) is 15.1 Å². The van der Waals surface area contributed by atoms with Crippen LogP contribution in [0.2, 0.25) is 0 Å². The van der Waals surface area contributed by atoms with E-state index in [1.165, 1.54) is 21.0 Å². The van der Waals surface area contributed by atoms with E-state index in [4.69, 9.17) is 9.26 Å². The monoisotopic (exact) mass is 444 g/mol. The summed E-state index contributed by atoms with van der Waals surface area (Å²) >= 11 is 0. The third kappa shape index (κ3) is 3.17. The molecule has 10 nitrogen and oxygen atoms in total. The van der Waals surface area contributed by atoms with Crippen LogP contribution in [0.15, 0.2) is 57.3 Å². The third-order valence-corrected chi connectivity index (χ3v) is 6.31. The van der Waals surface area contributed by atoms with E-state index in [9.17, 15) is 9.59 Å². The van der Waals surface area contributed by atoms with Crippen molar-refractivity contribution in [2.24, 2.45) is 10.3 Å². The van der Waals surface area contributed by atoms with Crippen LogP contribution in [0.5, 0.6) is 5.75 Å². The van der Waals surface area contributed by atoms with Gasteiger partial charge in [-0.15, -0.1) is 0 Å². The smallest absolute Gasteiger partial charge is 0.263 e. The Morgan fingerprint density at radius 3 is 2.70 bits per heavy atom. The Hall–Kier alpha value is -4.08. The number of aryl methyl sites for hydroxylation is 2. The Balaban J connectivity index is 1.21. The van der Waals surface area contributed by atoms with Crippen LogP contribution in [0.25, 0.3) is 11.4 Å². The number of imide groups is 1. The van der Waals surface area contributed by atoms with Crippen LogP contribution in [0.4, 0.5) is 5.69 Å². The second-order valence-corrected chi connectivity index (χ2v) is 8.25. The summed E-state index contributed by atoms with van der Waals surface area (Å²) in [5.74, 6) is 0.704. The number of hydrogen-bond acceptors (Lipinski definition) is 9. The number of benzene rings is 2. The van der Waals surface area contributed by atoms with E-state index in [2.05, 4.69) is 20.5 Å². The van der Waals surface area contributed by atoms with Crippen LogP contribution >= 0.6 is 0 Å². The van der Waals surface area contributed by atoms with Gasteiger partial charge in [0.05, 0.1) is 12.8 Å². The van der Waals surface area contributed by atoms with Crippen molar-refractivity contribution in [3.8, 4) is 17.1 Å². The first kappa shape index (κ1) is 19.6. The fraction of sp³-hybridized carbons (Fsp3) is 0.304. The molecule has 2 amide bonds. The highest BCUT2D eigenvalue weighted by molar-refractivity contribution is 6.25. The summed E-state index contributed by atoms with van der Waals surface area (Å²) in [6.45, 7) is 0.0743. The van der Waals surface area contributed by atoms with Gasteiger partial charge in [-0.1, -0.05) is 16.4 Å². The fourth-order valence-electron chi connectivity index (χ4n) is 4.62. The summed E-state index contributed by atoms with van der Waals surface area (Å²) in [7, 11) is 1.60. The molecule has 1 aliphatic carbocycles. The normalized spacial score (nSPS) is 21.1. The molecule has 0 saturated carbocycles. The molecule has 166 valence electrons. The van der Waals surface area contributed by atoms with Gasteiger partial charge in [-0.3, -0.25) is 14.6 Å². The van der Waals surface area contributed by atoms with Gasteiger partial charge in [0.25, 0.3) is 11.8 Å². The highest BCUT2D eigenvalue weighted by atomic mass is 16.5. The first-order valence-electron chi connectivity index (χ1n) is 10.8. The standard InChI is InChI=1S/C23H20N6O4/c1-32-17-9-6-14(7-10-17)21-24-18(33-26-21)12-28-20-19(25-27-28)22(30)29(23(20)31)16-8-5-13-3-2-4-15(13)11-16/h5-11,19-20H,2-4,12H2,1H3/t19-,20+/m1/s1. The number of ether oxygens (including phenoxy) is 1. The van der Waals surface area contributed by atoms with Gasteiger partial charge in [-0.25, -0.2) is 4.90 Å². The zero-order chi connectivity index (χ0) is 22.5. The molecule has 3 heterocycles. The summed E-state index contributed by atoms with van der Waals surface area (Å²) in [6, 6.07) is 11.4. The van der Waals surface area contributed by atoms with Crippen molar-refractivity contribution >= 4 is 17.5 Å². The fourth-order valence-corrected chi connectivity index (χ4v) is 4.62. The lowest BCUT2D eigenvalue weighted by Gasteiger charge is -2.19. The molecule has 0 N–H and O–H groups in total. The SMILES string of the molecule is COc1ccc(-c2noc(CN3N=N[C@H]4C(=O)N(c5ccc6c(c5)CCC6)C(=O)[C@H]43)n2)cc1. The number of carbonyl (C=O) groups excluding carboxylic acids is 2. The number of rotatable bonds is 5. The van der Waals surface area contributed by atoms with Crippen LogP contribution in [0.1, 0.15) is 23.4 Å². The third-order valence-electron chi connectivity index (χ3n) is 6.31. The molecular weight excluding hydrogens is 424 g/mol. The predicted octanol–water partition coefficient (Wildman–Crippen LogP) is 2.73. The van der Waals surface area contributed by atoms with Crippen LogP contribution < -0.4 is 9.64 Å². The summed E-state index contributed by atoms with van der Waals surface area (Å²) < 4.78 is 10.5. The molecule has 2 aromatic carbocycles. The lowest BCUT2D eigenvalue weighted by molar-refractivity contribution is -0.123. The van der Waals surface area contributed by atoms with E-state index in [1.807, 2.05) is 30.3 Å². The van der Waals surface area contributed by atoms with Crippen LogP contribution in [0.3, 0.4) is 0 Å². The van der Waals surface area contributed by atoms with Crippen molar-refractivity contribution < 1.29 is 18.8 Å². The minimum atomic E-state index is -0.866. The van der Waals surface area contributed by atoms with E-state index in [1.54, 1.807) is 19.2 Å². The first-order chi connectivity index (χ1) is 16.1. The average Bonchev–Trinajstić information content (AvgIpc) is 3.61. The molecule has 0 spiro atoms. The molecule has 0 radical (unpaired) electrons. The average molecular weight is 444 g/mol. The van der Waals surface area contributed by atoms with Gasteiger partial charge in [-0.2, -0.15) is 10.1 Å². The molecule has 2 atom stereocenters. The van der Waals surface area contributed by atoms with Crippen LogP contribution in [-0.4, -0.2) is 46.2 Å². The molecule has 1 fully saturated rings. The molecule has 3 aromatic rings. The molecule has 3 aliphatic rings. The second kappa shape index (κ2) is 7.51. The number of carbonyl (C=O) groups is 2.